The first kappa shape index (κ1) is 74.7. The summed E-state index contributed by atoms with van der Waals surface area (Å²) in [6, 6.07) is 12.3. The summed E-state index contributed by atoms with van der Waals surface area (Å²) < 4.78 is 51.9. The standard InChI is InChI=1S/C40H49ClN4O12.C11H21NO7.C7H16O4/c1-4-25(19-46)56-36(54-3)22-55-35(50)11-7-10-34(49)42-12-13-43-40(52)57-33-16-31-37(27-9-6-5-8-26(27)33)24(17-41)18-45(31)39(51)30-14-23-15-32(53-2)28(20-47)29(21-48)38(23)44-30;1-3-8(6-13)19-10(17-2)7-18-11(16)12-5-4-9(14)15;1-3-6(4-8)11-7(5-9)10-2/h5-6,8-9,14-16,24-25,36,44,46-48H,4,7,10-13,17-22H2,1-3H3,(H,42,49)(H,43,52);8,10,13H,3-7H2,1-2H3,(H,12,16)(H,14,15);6-9H,3-5H2,1-2H3/t24-,25?,36?;;/m1../s1. The van der Waals surface area contributed by atoms with Crippen LogP contribution in [0.3, 0.4) is 0 Å². The van der Waals surface area contributed by atoms with Crippen LogP contribution in [-0.4, -0.2) is 214 Å². The molecule has 2 heterocycles. The van der Waals surface area contributed by atoms with E-state index in [1.165, 1.54) is 28.4 Å². The third kappa shape index (κ3) is 23.8. The summed E-state index contributed by atoms with van der Waals surface area (Å²) in [6.07, 6.45) is -2.80. The average Bonchev–Trinajstić information content (AvgIpc) is 1.71. The number of ether oxygens (including phenoxy) is 10. The fraction of sp³-hybridized carbons (Fsp3) is 0.586. The molecule has 1 aromatic heterocycles. The molecule has 4 aromatic rings. The predicted molar refractivity (Wildman–Crippen MR) is 315 cm³/mol. The number of carboxylic acid groups (broad SMARTS) is 1. The number of aromatic nitrogens is 1. The maximum absolute atomic E-state index is 14.2. The number of carbonyl (C=O) groups is 6. The number of esters is 1. The third-order valence-corrected chi connectivity index (χ3v) is 13.8. The molecular weight excluding hydrogens is 1170 g/mol. The van der Waals surface area contributed by atoms with Gasteiger partial charge in [0.1, 0.15) is 30.4 Å². The molecule has 29 heteroatoms. The number of carbonyl (C=O) groups excluding carboxylic acids is 5. The second kappa shape index (κ2) is 40.9. The van der Waals surface area contributed by atoms with Gasteiger partial charge in [-0.25, -0.2) is 9.59 Å². The van der Waals surface area contributed by atoms with Crippen molar-refractivity contribution in [2.75, 3.05) is 105 Å². The van der Waals surface area contributed by atoms with E-state index >= 15 is 0 Å². The number of alkyl halides is 1. The van der Waals surface area contributed by atoms with E-state index in [-0.39, 0.29) is 145 Å². The van der Waals surface area contributed by atoms with Gasteiger partial charge in [-0.05, 0) is 48.8 Å². The average molecular weight is 1260 g/mol. The summed E-state index contributed by atoms with van der Waals surface area (Å²) in [5.41, 5.74) is 2.93. The monoisotopic (exact) mass is 1260 g/mol. The van der Waals surface area contributed by atoms with Gasteiger partial charge in [0.05, 0.1) is 82.7 Å². The molecule has 4 amide bonds. The number of alkyl carbamates (subject to hydrolysis) is 1. The molecule has 0 fully saturated rings. The van der Waals surface area contributed by atoms with E-state index in [0.717, 1.165) is 10.9 Å². The highest BCUT2D eigenvalue weighted by molar-refractivity contribution is 6.19. The minimum absolute atomic E-state index is 0.00212. The number of benzene rings is 3. The molecule has 488 valence electrons. The first-order chi connectivity index (χ1) is 41.9. The van der Waals surface area contributed by atoms with Crippen LogP contribution in [0.25, 0.3) is 21.7 Å². The van der Waals surface area contributed by atoms with E-state index in [2.05, 4.69) is 20.9 Å². The van der Waals surface area contributed by atoms with E-state index < -0.39 is 55.7 Å². The summed E-state index contributed by atoms with van der Waals surface area (Å²) in [5.74, 6) is -1.62. The van der Waals surface area contributed by atoms with E-state index in [0.29, 0.717) is 58.1 Å². The number of aliphatic hydroxyl groups is 6. The lowest BCUT2D eigenvalue weighted by atomic mass is 9.95. The number of halogens is 1. The van der Waals surface area contributed by atoms with Gasteiger partial charge in [0.15, 0.2) is 18.9 Å². The number of hydrogen-bond donors (Lipinski definition) is 11. The molecule has 11 N–H and O–H groups in total. The molecule has 0 aliphatic carbocycles. The van der Waals surface area contributed by atoms with E-state index in [1.54, 1.807) is 23.1 Å². The van der Waals surface area contributed by atoms with Gasteiger partial charge >= 0.3 is 24.1 Å². The normalized spacial score (nSPS) is 14.6. The number of aromatic amines is 1. The molecule has 0 saturated carbocycles. The number of aliphatic hydroxyl groups excluding tert-OH is 6. The maximum Gasteiger partial charge on any atom is 0.412 e. The van der Waals surface area contributed by atoms with Gasteiger partial charge in [-0.15, -0.1) is 11.6 Å². The molecule has 3 aromatic carbocycles. The Hall–Kier alpha value is -6.51. The van der Waals surface area contributed by atoms with Crippen LogP contribution in [-0.2, 0) is 65.5 Å². The summed E-state index contributed by atoms with van der Waals surface area (Å²) in [7, 11) is 5.70. The molecule has 5 rings (SSSR count). The fourth-order valence-corrected chi connectivity index (χ4v) is 8.85. The summed E-state index contributed by atoms with van der Waals surface area (Å²) in [4.78, 5) is 77.8. The van der Waals surface area contributed by atoms with Crippen molar-refractivity contribution >= 4 is 74.9 Å². The van der Waals surface area contributed by atoms with Crippen LogP contribution in [0.2, 0.25) is 0 Å². The highest BCUT2D eigenvalue weighted by Gasteiger charge is 2.36. The molecule has 87 heavy (non-hydrogen) atoms. The molecule has 6 unspecified atom stereocenters. The van der Waals surface area contributed by atoms with Crippen LogP contribution >= 0.6 is 11.6 Å². The first-order valence-corrected chi connectivity index (χ1v) is 28.8. The second-order valence-electron chi connectivity index (χ2n) is 19.2. The largest absolute Gasteiger partial charge is 0.496 e. The third-order valence-electron chi connectivity index (χ3n) is 13.4. The number of hydrogen-bond acceptors (Lipinski definition) is 22. The molecular formula is C58H86ClN5O23. The Morgan fingerprint density at radius 2 is 1.22 bits per heavy atom. The summed E-state index contributed by atoms with van der Waals surface area (Å²) in [6.45, 7) is 4.37. The van der Waals surface area contributed by atoms with Crippen molar-refractivity contribution in [1.82, 2.24) is 20.9 Å². The summed E-state index contributed by atoms with van der Waals surface area (Å²) in [5, 5.41) is 73.7. The minimum Gasteiger partial charge on any atom is -0.496 e. The van der Waals surface area contributed by atoms with Gasteiger partial charge < -0.3 is 109 Å². The zero-order valence-electron chi connectivity index (χ0n) is 50.2. The maximum atomic E-state index is 14.2. The van der Waals surface area contributed by atoms with Gasteiger partial charge in [-0.1, -0.05) is 45.0 Å². The van der Waals surface area contributed by atoms with Crippen LogP contribution < -0.4 is 30.3 Å². The molecule has 0 spiro atoms. The number of nitrogens with zero attached hydrogens (tertiary/aromatic N) is 1. The van der Waals surface area contributed by atoms with E-state index in [1.807, 2.05) is 45.0 Å². The number of methoxy groups -OCH3 is 4. The van der Waals surface area contributed by atoms with Crippen molar-refractivity contribution in [2.45, 2.75) is 122 Å². The number of rotatable bonds is 36. The Kier molecular flexibility index (Phi) is 35.1. The van der Waals surface area contributed by atoms with Gasteiger partial charge in [0.2, 0.25) is 5.91 Å². The van der Waals surface area contributed by atoms with E-state index in [4.69, 9.17) is 79.4 Å². The Morgan fingerprint density at radius 3 is 1.75 bits per heavy atom. The van der Waals surface area contributed by atoms with E-state index in [9.17, 15) is 44.1 Å². The summed E-state index contributed by atoms with van der Waals surface area (Å²) >= 11 is 6.46. The number of anilines is 1. The topological polar surface area (TPSA) is 391 Å². The number of amides is 4. The molecule has 0 radical (unpaired) electrons. The minimum atomic E-state index is -1.01. The molecule has 0 bridgehead atoms. The van der Waals surface area contributed by atoms with Crippen LogP contribution in [0.4, 0.5) is 15.3 Å². The lowest BCUT2D eigenvalue weighted by Crippen LogP contribution is -2.36. The zero-order valence-corrected chi connectivity index (χ0v) is 51.0. The fourth-order valence-electron chi connectivity index (χ4n) is 8.60. The second-order valence-corrected chi connectivity index (χ2v) is 19.5. The molecule has 28 nitrogen and oxygen atoms in total. The molecule has 1 aliphatic heterocycles. The Bertz CT molecular complexity index is 2730. The van der Waals surface area contributed by atoms with Crippen molar-refractivity contribution in [3.63, 3.8) is 0 Å². The van der Waals surface area contributed by atoms with Gasteiger partial charge in [0.25, 0.3) is 5.91 Å². The van der Waals surface area contributed by atoms with Crippen molar-refractivity contribution in [3.8, 4) is 11.5 Å². The Morgan fingerprint density at radius 1 is 0.655 bits per heavy atom. The van der Waals surface area contributed by atoms with Crippen molar-refractivity contribution in [1.29, 1.82) is 0 Å². The number of aliphatic carboxylic acids is 1. The van der Waals surface area contributed by atoms with Crippen LogP contribution in [0.15, 0.2) is 42.5 Å². The lowest BCUT2D eigenvalue weighted by molar-refractivity contribution is -0.194. The highest BCUT2D eigenvalue weighted by Crippen LogP contribution is 2.46. The zero-order chi connectivity index (χ0) is 64.4. The van der Waals surface area contributed by atoms with Gasteiger partial charge in [-0.2, -0.15) is 0 Å². The first-order valence-electron chi connectivity index (χ1n) is 28.3. The van der Waals surface area contributed by atoms with Crippen molar-refractivity contribution in [2.24, 2.45) is 0 Å². The Balaban J connectivity index is 0.000000541. The van der Waals surface area contributed by atoms with Crippen molar-refractivity contribution in [3.05, 3.63) is 64.8 Å². The van der Waals surface area contributed by atoms with Crippen LogP contribution in [0.5, 0.6) is 11.5 Å². The van der Waals surface area contributed by atoms with Gasteiger partial charge in [-0.3, -0.25) is 19.2 Å². The van der Waals surface area contributed by atoms with Gasteiger partial charge in [0, 0.05) is 100 Å². The number of carboxylic acids is 1. The Labute approximate surface area is 509 Å². The van der Waals surface area contributed by atoms with Crippen LogP contribution in [0.1, 0.15) is 98.8 Å². The number of nitrogens with one attached hydrogen (secondary N) is 4. The predicted octanol–water partition coefficient (Wildman–Crippen LogP) is 3.66. The van der Waals surface area contributed by atoms with Crippen LogP contribution in [0, 0.1) is 0 Å². The quantitative estimate of drug-likeness (QED) is 0.0134. The number of H-pyrrole nitrogens is 1. The molecule has 7 atom stereocenters. The highest BCUT2D eigenvalue weighted by atomic mass is 35.5. The smallest absolute Gasteiger partial charge is 0.412 e. The SMILES string of the molecule is CCC(CO)OC(CO)OC.CCC(CO)OC(COC(=O)CCCC(=O)NCCNC(=O)Oc1cc2c(c3ccccc13)[C@H](CCl)CN2C(=O)c1cc2cc(OC)c(CO)c(CO)c2[nH]1)OC.CCC(CO)OC(COC(=O)NCCC(=O)O)OC. The number of fused-ring (bicyclic) bond motifs is 4. The molecule has 0 saturated heterocycles. The van der Waals surface area contributed by atoms with Crippen molar-refractivity contribution < 1.29 is 112 Å². The lowest BCUT2D eigenvalue weighted by Gasteiger charge is -2.21. The molecule has 1 aliphatic rings.